The van der Waals surface area contributed by atoms with Gasteiger partial charge in [0, 0.05) is 23.5 Å². The summed E-state index contributed by atoms with van der Waals surface area (Å²) in [4.78, 5) is 6.08. The summed E-state index contributed by atoms with van der Waals surface area (Å²) in [5.74, 6) is 3.24. The molecule has 0 aliphatic heterocycles. The molecule has 0 aromatic carbocycles. The van der Waals surface area contributed by atoms with Gasteiger partial charge in [0.15, 0.2) is 0 Å². The van der Waals surface area contributed by atoms with E-state index in [0.29, 0.717) is 5.92 Å². The van der Waals surface area contributed by atoms with Crippen LogP contribution in [0, 0.1) is 17.8 Å². The van der Waals surface area contributed by atoms with Gasteiger partial charge in [-0.05, 0) is 50.0 Å². The van der Waals surface area contributed by atoms with Crippen molar-refractivity contribution in [3.63, 3.8) is 0 Å². The van der Waals surface area contributed by atoms with Crippen molar-refractivity contribution in [3.8, 4) is 0 Å². The van der Waals surface area contributed by atoms with Crippen LogP contribution in [0.4, 0.5) is 0 Å². The zero-order valence-corrected chi connectivity index (χ0v) is 14.3. The van der Waals surface area contributed by atoms with Crippen molar-refractivity contribution in [1.82, 2.24) is 10.3 Å². The lowest BCUT2D eigenvalue weighted by molar-refractivity contribution is 0.258. The number of thiazole rings is 1. The Morgan fingerprint density at radius 3 is 2.50 bits per heavy atom. The van der Waals surface area contributed by atoms with E-state index in [2.05, 4.69) is 44.2 Å². The van der Waals surface area contributed by atoms with Crippen molar-refractivity contribution in [2.75, 3.05) is 6.54 Å². The van der Waals surface area contributed by atoms with Gasteiger partial charge < -0.3 is 5.32 Å². The van der Waals surface area contributed by atoms with Crippen molar-refractivity contribution in [2.24, 2.45) is 17.8 Å². The number of aromatic nitrogens is 1. The minimum Gasteiger partial charge on any atom is -0.312 e. The molecule has 0 radical (unpaired) electrons. The van der Waals surface area contributed by atoms with Crippen LogP contribution in [0.1, 0.15) is 69.2 Å². The van der Waals surface area contributed by atoms with Crippen molar-refractivity contribution < 1.29 is 0 Å². The van der Waals surface area contributed by atoms with Crippen LogP contribution in [0.15, 0.2) is 6.20 Å². The van der Waals surface area contributed by atoms with Gasteiger partial charge in [-0.15, -0.1) is 11.3 Å². The van der Waals surface area contributed by atoms with Gasteiger partial charge in [0.1, 0.15) is 0 Å². The number of nitrogens with zero attached hydrogens (tertiary/aromatic N) is 1. The second kappa shape index (κ2) is 7.56. The van der Waals surface area contributed by atoms with Crippen LogP contribution in [0.25, 0.3) is 0 Å². The third-order valence-corrected chi connectivity index (χ3v) is 5.65. The van der Waals surface area contributed by atoms with Crippen LogP contribution in [0.2, 0.25) is 0 Å². The largest absolute Gasteiger partial charge is 0.312 e. The smallest absolute Gasteiger partial charge is 0.0959 e. The van der Waals surface area contributed by atoms with E-state index < -0.39 is 0 Å². The highest BCUT2D eigenvalue weighted by Crippen LogP contribution is 2.39. The van der Waals surface area contributed by atoms with E-state index in [1.807, 2.05) is 11.3 Å². The fourth-order valence-electron chi connectivity index (χ4n) is 3.11. The summed E-state index contributed by atoms with van der Waals surface area (Å²) < 4.78 is 0. The van der Waals surface area contributed by atoms with Gasteiger partial charge in [-0.2, -0.15) is 0 Å². The van der Waals surface area contributed by atoms with Crippen molar-refractivity contribution in [1.29, 1.82) is 0 Å². The molecule has 1 fully saturated rings. The van der Waals surface area contributed by atoms with Crippen LogP contribution < -0.4 is 5.32 Å². The third kappa shape index (κ3) is 4.56. The second-order valence-corrected chi connectivity index (χ2v) is 8.19. The molecule has 0 unspecified atom stereocenters. The molecule has 3 heteroatoms. The highest BCUT2D eigenvalue weighted by atomic mass is 32.1. The molecular weight excluding hydrogens is 264 g/mol. The van der Waals surface area contributed by atoms with Gasteiger partial charge in [0.25, 0.3) is 0 Å². The molecular formula is C17H30N2S. The van der Waals surface area contributed by atoms with Gasteiger partial charge in [-0.1, -0.05) is 27.7 Å². The van der Waals surface area contributed by atoms with Crippen LogP contribution in [-0.2, 0) is 6.54 Å². The minimum atomic E-state index is 0.716. The van der Waals surface area contributed by atoms with E-state index in [1.165, 1.54) is 35.6 Å². The van der Waals surface area contributed by atoms with E-state index in [9.17, 15) is 0 Å². The summed E-state index contributed by atoms with van der Waals surface area (Å²) in [6.45, 7) is 11.3. The number of nitrogens with one attached hydrogen (secondary N) is 1. The zero-order chi connectivity index (χ0) is 14.5. The Hall–Kier alpha value is -0.410. The molecule has 2 nitrogen and oxygen atoms in total. The summed E-state index contributed by atoms with van der Waals surface area (Å²) in [6.07, 6.45) is 7.55. The quantitative estimate of drug-likeness (QED) is 0.813. The SMILES string of the molecule is CC(C)CNCc1cnc(C2CCC(C(C)C)CC2)s1. The number of hydrogen-bond acceptors (Lipinski definition) is 3. The zero-order valence-electron chi connectivity index (χ0n) is 13.5. The molecule has 114 valence electrons. The Morgan fingerprint density at radius 2 is 1.90 bits per heavy atom. The topological polar surface area (TPSA) is 24.9 Å². The molecule has 1 aromatic rings. The molecule has 0 atom stereocenters. The Morgan fingerprint density at radius 1 is 1.20 bits per heavy atom. The average molecular weight is 295 g/mol. The molecule has 0 bridgehead atoms. The highest BCUT2D eigenvalue weighted by Gasteiger charge is 2.25. The van der Waals surface area contributed by atoms with Crippen LogP contribution in [0.3, 0.4) is 0 Å². The van der Waals surface area contributed by atoms with Crippen LogP contribution in [0.5, 0.6) is 0 Å². The van der Waals surface area contributed by atoms with Crippen molar-refractivity contribution in [2.45, 2.75) is 65.8 Å². The summed E-state index contributed by atoms with van der Waals surface area (Å²) in [5.41, 5.74) is 0. The molecule has 1 N–H and O–H groups in total. The molecule has 0 amide bonds. The van der Waals surface area contributed by atoms with Gasteiger partial charge >= 0.3 is 0 Å². The van der Waals surface area contributed by atoms with E-state index >= 15 is 0 Å². The standard InChI is InChI=1S/C17H30N2S/c1-12(2)9-18-10-16-11-19-17(20-16)15-7-5-14(6-8-15)13(3)4/h11-15,18H,5-10H2,1-4H3. The van der Waals surface area contributed by atoms with Gasteiger partial charge in [0.2, 0.25) is 0 Å². The molecule has 2 rings (SSSR count). The first-order valence-electron chi connectivity index (χ1n) is 8.21. The number of rotatable bonds is 6. The molecule has 0 saturated heterocycles. The van der Waals surface area contributed by atoms with E-state index in [1.54, 1.807) is 0 Å². The summed E-state index contributed by atoms with van der Waals surface area (Å²) >= 11 is 1.93. The molecule has 1 aliphatic rings. The number of hydrogen-bond donors (Lipinski definition) is 1. The molecule has 1 aliphatic carbocycles. The monoisotopic (exact) mass is 294 g/mol. The van der Waals surface area contributed by atoms with Gasteiger partial charge in [0.05, 0.1) is 5.01 Å². The molecule has 1 heterocycles. The van der Waals surface area contributed by atoms with E-state index in [4.69, 9.17) is 0 Å². The first-order valence-corrected chi connectivity index (χ1v) is 9.03. The lowest BCUT2D eigenvalue weighted by atomic mass is 9.77. The molecule has 1 saturated carbocycles. The maximum absolute atomic E-state index is 4.69. The van der Waals surface area contributed by atoms with E-state index in [-0.39, 0.29) is 0 Å². The summed E-state index contributed by atoms with van der Waals surface area (Å²) in [5, 5.41) is 4.89. The normalized spacial score (nSPS) is 23.7. The van der Waals surface area contributed by atoms with Crippen molar-refractivity contribution in [3.05, 3.63) is 16.1 Å². The molecule has 1 aromatic heterocycles. The van der Waals surface area contributed by atoms with E-state index in [0.717, 1.165) is 30.8 Å². The Bertz CT molecular complexity index is 389. The van der Waals surface area contributed by atoms with Gasteiger partial charge in [-0.3, -0.25) is 0 Å². The Kier molecular flexibility index (Phi) is 6.03. The summed E-state index contributed by atoms with van der Waals surface area (Å²) in [6, 6.07) is 0. The Labute approximate surface area is 128 Å². The van der Waals surface area contributed by atoms with Gasteiger partial charge in [-0.25, -0.2) is 4.98 Å². The maximum Gasteiger partial charge on any atom is 0.0959 e. The fraction of sp³-hybridized carbons (Fsp3) is 0.824. The summed E-state index contributed by atoms with van der Waals surface area (Å²) in [7, 11) is 0. The fourth-order valence-corrected chi connectivity index (χ4v) is 4.17. The predicted octanol–water partition coefficient (Wildman–Crippen LogP) is 4.82. The Balaban J connectivity index is 1.81. The first kappa shape index (κ1) is 16.0. The van der Waals surface area contributed by atoms with Crippen LogP contribution >= 0.6 is 11.3 Å². The highest BCUT2D eigenvalue weighted by molar-refractivity contribution is 7.11. The van der Waals surface area contributed by atoms with Crippen LogP contribution in [-0.4, -0.2) is 11.5 Å². The van der Waals surface area contributed by atoms with Crippen molar-refractivity contribution >= 4 is 11.3 Å². The lowest BCUT2D eigenvalue weighted by Crippen LogP contribution is -2.18. The predicted molar refractivity (Wildman–Crippen MR) is 88.2 cm³/mol. The maximum atomic E-state index is 4.69. The molecule has 20 heavy (non-hydrogen) atoms. The third-order valence-electron chi connectivity index (χ3n) is 4.49. The average Bonchev–Trinajstić information content (AvgIpc) is 2.87. The second-order valence-electron chi connectivity index (χ2n) is 7.05. The first-order chi connectivity index (χ1) is 9.56. The minimum absolute atomic E-state index is 0.716. The lowest BCUT2D eigenvalue weighted by Gasteiger charge is -2.29. The molecule has 0 spiro atoms.